The third-order valence-electron chi connectivity index (χ3n) is 6.68. The van der Waals surface area contributed by atoms with E-state index >= 15 is 0 Å². The number of nitrogens with one attached hydrogen (secondary N) is 3. The summed E-state index contributed by atoms with van der Waals surface area (Å²) < 4.78 is 5.98. The third kappa shape index (κ3) is 6.25. The molecule has 2 heterocycles. The Labute approximate surface area is 222 Å². The zero-order valence-electron chi connectivity index (χ0n) is 21.7. The number of aliphatic hydroxyl groups excluding tert-OH is 1. The Kier molecular flexibility index (Phi) is 8.40. The summed E-state index contributed by atoms with van der Waals surface area (Å²) >= 11 is 6.17. The van der Waals surface area contributed by atoms with Crippen molar-refractivity contribution < 1.29 is 19.7 Å². The van der Waals surface area contributed by atoms with Crippen molar-refractivity contribution in [2.24, 2.45) is 4.99 Å². The molecule has 0 bridgehead atoms. The summed E-state index contributed by atoms with van der Waals surface area (Å²) in [7, 11) is 0. The molecule has 2 aliphatic heterocycles. The molecule has 4 unspecified atom stereocenters. The molecule has 200 valence electrons. The van der Waals surface area contributed by atoms with E-state index in [1.807, 2.05) is 49.4 Å². The second-order valence-electron chi connectivity index (χ2n) is 10.0. The standard InChI is InChI=1S/C27H36ClN5O4/c1-5-29-24(35)15-21-26-32-31-16(2)33(26)22-11-10-19(37-13-12-23(34)27(3,4)36)14-20(22)25(30-21)17-6-8-18(28)9-7-17/h6-11,14,16,21,23,26,31-32,34,36H,5,12-13,15H2,1-4H3,(H,29,35). The van der Waals surface area contributed by atoms with Crippen molar-refractivity contribution in [2.45, 2.75) is 70.6 Å². The van der Waals surface area contributed by atoms with E-state index in [0.29, 0.717) is 17.3 Å². The molecule has 0 aliphatic carbocycles. The van der Waals surface area contributed by atoms with Gasteiger partial charge in [-0.05, 0) is 58.0 Å². The molecule has 4 rings (SSSR count). The molecule has 0 spiro atoms. The topological polar surface area (TPSA) is 118 Å². The fourth-order valence-electron chi connectivity index (χ4n) is 4.65. The highest BCUT2D eigenvalue weighted by molar-refractivity contribution is 6.30. The number of anilines is 1. The summed E-state index contributed by atoms with van der Waals surface area (Å²) in [4.78, 5) is 20.0. The van der Waals surface area contributed by atoms with Crippen LogP contribution in [0.5, 0.6) is 5.75 Å². The molecular weight excluding hydrogens is 494 g/mol. The van der Waals surface area contributed by atoms with E-state index in [-0.39, 0.29) is 43.7 Å². The van der Waals surface area contributed by atoms with E-state index in [9.17, 15) is 15.0 Å². The Morgan fingerprint density at radius 1 is 1.24 bits per heavy atom. The molecule has 2 aliphatic rings. The van der Waals surface area contributed by atoms with Gasteiger partial charge in [0.15, 0.2) is 0 Å². The van der Waals surface area contributed by atoms with Gasteiger partial charge in [0.2, 0.25) is 5.91 Å². The fraction of sp³-hybridized carbons (Fsp3) is 0.481. The minimum atomic E-state index is -1.20. The maximum Gasteiger partial charge on any atom is 0.222 e. The van der Waals surface area contributed by atoms with Gasteiger partial charge >= 0.3 is 0 Å². The number of nitrogens with zero attached hydrogens (tertiary/aromatic N) is 2. The van der Waals surface area contributed by atoms with Gasteiger partial charge in [-0.3, -0.25) is 9.79 Å². The van der Waals surface area contributed by atoms with Crippen LogP contribution in [0.4, 0.5) is 5.69 Å². The number of carbonyl (C=O) groups excluding carboxylic acids is 1. The highest BCUT2D eigenvalue weighted by atomic mass is 35.5. The number of aliphatic imine (C=N–C) groups is 1. The van der Waals surface area contributed by atoms with Crippen LogP contribution >= 0.6 is 11.6 Å². The van der Waals surface area contributed by atoms with E-state index in [1.165, 1.54) is 0 Å². The summed E-state index contributed by atoms with van der Waals surface area (Å²) in [6.45, 7) is 7.89. The lowest BCUT2D eigenvalue weighted by Gasteiger charge is -2.31. The van der Waals surface area contributed by atoms with Gasteiger partial charge < -0.3 is 25.2 Å². The summed E-state index contributed by atoms with van der Waals surface area (Å²) in [5.41, 5.74) is 8.84. The van der Waals surface area contributed by atoms with Gasteiger partial charge in [0.25, 0.3) is 0 Å². The molecule has 2 aromatic rings. The zero-order valence-corrected chi connectivity index (χ0v) is 22.4. The van der Waals surface area contributed by atoms with Crippen LogP contribution in [0.3, 0.4) is 0 Å². The summed E-state index contributed by atoms with van der Waals surface area (Å²) in [5.74, 6) is 0.559. The van der Waals surface area contributed by atoms with Gasteiger partial charge in [-0.2, -0.15) is 0 Å². The van der Waals surface area contributed by atoms with Crippen molar-refractivity contribution in [1.82, 2.24) is 16.2 Å². The quantitative estimate of drug-likeness (QED) is 0.339. The first-order valence-corrected chi connectivity index (χ1v) is 13.0. The number of hydrogen-bond acceptors (Lipinski definition) is 8. The predicted octanol–water partition coefficient (Wildman–Crippen LogP) is 2.57. The average Bonchev–Trinajstić information content (AvgIpc) is 3.16. The number of ether oxygens (including phenoxy) is 1. The van der Waals surface area contributed by atoms with Gasteiger partial charge in [0.1, 0.15) is 11.9 Å². The summed E-state index contributed by atoms with van der Waals surface area (Å²) in [6.07, 6.45) is -0.687. The van der Waals surface area contributed by atoms with Crippen molar-refractivity contribution in [3.63, 3.8) is 0 Å². The SMILES string of the molecule is CCNC(=O)CC1N=C(c2ccc(Cl)cc2)c2cc(OCCC(O)C(C)(C)O)ccc2N2C(C)NNC12. The van der Waals surface area contributed by atoms with Crippen LogP contribution in [0.25, 0.3) is 0 Å². The Hall–Kier alpha value is -2.69. The molecule has 9 nitrogen and oxygen atoms in total. The third-order valence-corrected chi connectivity index (χ3v) is 6.93. The van der Waals surface area contributed by atoms with Crippen LogP contribution in [-0.4, -0.2) is 65.1 Å². The Morgan fingerprint density at radius 3 is 2.65 bits per heavy atom. The van der Waals surface area contributed by atoms with Crippen LogP contribution in [0.15, 0.2) is 47.5 Å². The molecule has 4 atom stereocenters. The first-order chi connectivity index (χ1) is 17.6. The molecule has 1 fully saturated rings. The van der Waals surface area contributed by atoms with E-state index in [1.54, 1.807) is 13.8 Å². The van der Waals surface area contributed by atoms with E-state index < -0.39 is 11.7 Å². The van der Waals surface area contributed by atoms with Crippen LogP contribution in [-0.2, 0) is 4.79 Å². The van der Waals surface area contributed by atoms with Crippen molar-refractivity contribution in [2.75, 3.05) is 18.1 Å². The number of rotatable bonds is 9. The number of aliphatic hydroxyl groups is 2. The van der Waals surface area contributed by atoms with Crippen LogP contribution in [0, 0.1) is 0 Å². The number of hydrazine groups is 1. The first-order valence-electron chi connectivity index (χ1n) is 12.7. The predicted molar refractivity (Wildman–Crippen MR) is 145 cm³/mol. The number of amides is 1. The molecule has 37 heavy (non-hydrogen) atoms. The molecular formula is C27H36ClN5O4. The minimum absolute atomic E-state index is 0.0473. The maximum absolute atomic E-state index is 12.6. The van der Waals surface area contributed by atoms with Gasteiger partial charge in [-0.1, -0.05) is 23.7 Å². The molecule has 0 saturated carbocycles. The Bertz CT molecular complexity index is 1130. The number of benzene rings is 2. The molecule has 1 amide bonds. The second kappa shape index (κ2) is 11.4. The smallest absolute Gasteiger partial charge is 0.222 e. The van der Waals surface area contributed by atoms with Crippen molar-refractivity contribution in [1.29, 1.82) is 0 Å². The molecule has 0 aromatic heterocycles. The van der Waals surface area contributed by atoms with Crippen molar-refractivity contribution >= 4 is 28.9 Å². The summed E-state index contributed by atoms with van der Waals surface area (Å²) in [6, 6.07) is 13.0. The van der Waals surface area contributed by atoms with Crippen LogP contribution < -0.4 is 25.8 Å². The molecule has 2 aromatic carbocycles. The van der Waals surface area contributed by atoms with Crippen LogP contribution in [0.2, 0.25) is 5.02 Å². The lowest BCUT2D eigenvalue weighted by molar-refractivity contribution is -0.121. The maximum atomic E-state index is 12.6. The van der Waals surface area contributed by atoms with E-state index in [0.717, 1.165) is 22.5 Å². The van der Waals surface area contributed by atoms with Gasteiger partial charge in [-0.15, -0.1) is 0 Å². The molecule has 1 saturated heterocycles. The lowest BCUT2D eigenvalue weighted by atomic mass is 9.99. The summed E-state index contributed by atoms with van der Waals surface area (Å²) in [5, 5.41) is 23.7. The largest absolute Gasteiger partial charge is 0.493 e. The van der Waals surface area contributed by atoms with E-state index in [4.69, 9.17) is 21.3 Å². The fourth-order valence-corrected chi connectivity index (χ4v) is 4.77. The highest BCUT2D eigenvalue weighted by Crippen LogP contribution is 2.36. The number of hydrogen-bond donors (Lipinski definition) is 5. The monoisotopic (exact) mass is 529 g/mol. The Balaban J connectivity index is 1.74. The second-order valence-corrected chi connectivity index (χ2v) is 10.4. The highest BCUT2D eigenvalue weighted by Gasteiger charge is 2.40. The van der Waals surface area contributed by atoms with Crippen LogP contribution in [0.1, 0.15) is 51.7 Å². The number of halogens is 1. The normalized spacial score (nSPS) is 22.0. The first kappa shape index (κ1) is 27.3. The van der Waals surface area contributed by atoms with E-state index in [2.05, 4.69) is 28.0 Å². The average molecular weight is 530 g/mol. The van der Waals surface area contributed by atoms with Crippen molar-refractivity contribution in [3.8, 4) is 5.75 Å². The molecule has 5 N–H and O–H groups in total. The Morgan fingerprint density at radius 2 is 1.97 bits per heavy atom. The number of fused-ring (bicyclic) bond motifs is 3. The van der Waals surface area contributed by atoms with Gasteiger partial charge in [0.05, 0.1) is 42.7 Å². The molecule has 0 radical (unpaired) electrons. The number of carbonyl (C=O) groups is 1. The molecule has 10 heteroatoms. The van der Waals surface area contributed by atoms with Gasteiger partial charge in [0, 0.05) is 34.8 Å². The lowest BCUT2D eigenvalue weighted by Crippen LogP contribution is -2.47. The van der Waals surface area contributed by atoms with Gasteiger partial charge in [-0.25, -0.2) is 10.9 Å². The zero-order chi connectivity index (χ0) is 26.7. The minimum Gasteiger partial charge on any atom is -0.493 e. The van der Waals surface area contributed by atoms with Crippen molar-refractivity contribution in [3.05, 3.63) is 58.6 Å².